The van der Waals surface area contributed by atoms with E-state index in [1.54, 1.807) is 0 Å². The maximum absolute atomic E-state index is 10.4. The first-order chi connectivity index (χ1) is 11.6. The number of piperidine rings is 1. The van der Waals surface area contributed by atoms with Crippen molar-refractivity contribution in [2.75, 3.05) is 25.0 Å². The first-order valence-electron chi connectivity index (χ1n) is 8.59. The van der Waals surface area contributed by atoms with Crippen LogP contribution in [0.4, 0.5) is 5.69 Å². The fraction of sp³-hybridized carbons (Fsp3) is 0.400. The lowest BCUT2D eigenvalue weighted by atomic mass is 10.0. The fourth-order valence-corrected chi connectivity index (χ4v) is 3.39. The van der Waals surface area contributed by atoms with Gasteiger partial charge in [-0.1, -0.05) is 35.9 Å². The Hall–Kier alpha value is -1.55. The zero-order valence-electron chi connectivity index (χ0n) is 14.1. The van der Waals surface area contributed by atoms with E-state index >= 15 is 0 Å². The minimum absolute atomic E-state index is 0.455. The molecule has 1 aliphatic heterocycles. The lowest BCUT2D eigenvalue weighted by Crippen LogP contribution is -2.40. The van der Waals surface area contributed by atoms with Crippen molar-refractivity contribution in [3.05, 3.63) is 64.7 Å². The molecule has 3 rings (SSSR count). The number of β-amino-alcohol motifs (C(OH)–C–C–N with tert-alkyl or cyclic N) is 1. The lowest BCUT2D eigenvalue weighted by Gasteiger charge is -2.34. The highest BCUT2D eigenvalue weighted by atomic mass is 35.5. The summed E-state index contributed by atoms with van der Waals surface area (Å²) in [6.07, 6.45) is 1.74. The summed E-state index contributed by atoms with van der Waals surface area (Å²) < 4.78 is 0. The number of benzene rings is 2. The van der Waals surface area contributed by atoms with Gasteiger partial charge < -0.3 is 15.3 Å². The summed E-state index contributed by atoms with van der Waals surface area (Å²) in [7, 11) is 0. The number of aliphatic hydroxyl groups is 1. The Labute approximate surface area is 149 Å². The number of hydrogen-bond acceptors (Lipinski definition) is 3. The minimum Gasteiger partial charge on any atom is -0.387 e. The molecule has 2 N–H and O–H groups in total. The van der Waals surface area contributed by atoms with Crippen LogP contribution in [-0.2, 0) is 0 Å². The second kappa shape index (κ2) is 8.02. The van der Waals surface area contributed by atoms with E-state index in [-0.39, 0.29) is 0 Å². The van der Waals surface area contributed by atoms with Crippen LogP contribution in [0.2, 0.25) is 5.02 Å². The number of aryl methyl sites for hydroxylation is 1. The van der Waals surface area contributed by atoms with Gasteiger partial charge in [-0.15, -0.1) is 0 Å². The molecule has 128 valence electrons. The Kier molecular flexibility index (Phi) is 5.77. The highest BCUT2D eigenvalue weighted by Gasteiger charge is 2.21. The molecule has 0 aromatic heterocycles. The summed E-state index contributed by atoms with van der Waals surface area (Å²) in [4.78, 5) is 2.34. The Morgan fingerprint density at radius 1 is 1.17 bits per heavy atom. The van der Waals surface area contributed by atoms with Gasteiger partial charge in [0.15, 0.2) is 0 Å². The third-order valence-corrected chi connectivity index (χ3v) is 4.91. The topological polar surface area (TPSA) is 35.5 Å². The van der Waals surface area contributed by atoms with Crippen molar-refractivity contribution in [2.24, 2.45) is 0 Å². The molecule has 3 nitrogen and oxygen atoms in total. The third-order valence-electron chi connectivity index (χ3n) is 4.66. The van der Waals surface area contributed by atoms with E-state index in [1.807, 2.05) is 24.3 Å². The van der Waals surface area contributed by atoms with E-state index in [1.165, 1.54) is 11.3 Å². The van der Waals surface area contributed by atoms with E-state index in [2.05, 4.69) is 41.4 Å². The molecule has 24 heavy (non-hydrogen) atoms. The number of likely N-dealkylation sites (tertiary alicyclic amines) is 1. The van der Waals surface area contributed by atoms with Crippen LogP contribution in [0.25, 0.3) is 0 Å². The van der Waals surface area contributed by atoms with Crippen LogP contribution >= 0.6 is 11.6 Å². The number of hydrogen-bond donors (Lipinski definition) is 2. The number of nitrogens with zero attached hydrogens (tertiary/aromatic N) is 1. The molecule has 1 heterocycles. The quantitative estimate of drug-likeness (QED) is 0.850. The first-order valence-corrected chi connectivity index (χ1v) is 8.97. The average molecular weight is 345 g/mol. The highest BCUT2D eigenvalue weighted by molar-refractivity contribution is 6.30. The van der Waals surface area contributed by atoms with Crippen molar-refractivity contribution in [3.63, 3.8) is 0 Å². The summed E-state index contributed by atoms with van der Waals surface area (Å²) in [5, 5.41) is 14.7. The van der Waals surface area contributed by atoms with Gasteiger partial charge in [-0.25, -0.2) is 0 Å². The zero-order chi connectivity index (χ0) is 16.9. The monoisotopic (exact) mass is 344 g/mol. The van der Waals surface area contributed by atoms with Crippen LogP contribution in [0.15, 0.2) is 48.5 Å². The molecule has 0 radical (unpaired) electrons. The highest BCUT2D eigenvalue weighted by Crippen LogP contribution is 2.21. The molecule has 2 aromatic carbocycles. The van der Waals surface area contributed by atoms with Crippen molar-refractivity contribution >= 4 is 17.3 Å². The molecule has 1 saturated heterocycles. The van der Waals surface area contributed by atoms with Crippen molar-refractivity contribution in [2.45, 2.75) is 31.9 Å². The smallest absolute Gasteiger partial charge is 0.0916 e. The molecule has 0 unspecified atom stereocenters. The van der Waals surface area contributed by atoms with Crippen LogP contribution in [0.1, 0.15) is 30.1 Å². The molecule has 1 aliphatic rings. The second-order valence-electron chi connectivity index (χ2n) is 6.66. The molecular formula is C20H25ClN2O. The molecule has 0 amide bonds. The van der Waals surface area contributed by atoms with E-state index in [0.717, 1.165) is 31.5 Å². The SMILES string of the molecule is Cc1cccc(NC2CCN(C[C@@H](O)c3ccc(Cl)cc3)CC2)c1. The van der Waals surface area contributed by atoms with Crippen LogP contribution in [0, 0.1) is 6.92 Å². The van der Waals surface area contributed by atoms with Gasteiger partial charge >= 0.3 is 0 Å². The molecule has 2 aromatic rings. The molecule has 1 fully saturated rings. The Morgan fingerprint density at radius 3 is 2.54 bits per heavy atom. The maximum atomic E-state index is 10.4. The normalized spacial score (nSPS) is 17.6. The van der Waals surface area contributed by atoms with E-state index < -0.39 is 6.10 Å². The second-order valence-corrected chi connectivity index (χ2v) is 7.09. The molecule has 4 heteroatoms. The van der Waals surface area contributed by atoms with Gasteiger partial charge in [0.2, 0.25) is 0 Å². The van der Waals surface area contributed by atoms with Crippen molar-refractivity contribution in [3.8, 4) is 0 Å². The number of nitrogens with one attached hydrogen (secondary N) is 1. The third kappa shape index (κ3) is 4.73. The minimum atomic E-state index is -0.455. The summed E-state index contributed by atoms with van der Waals surface area (Å²) in [6, 6.07) is 16.5. The molecule has 0 bridgehead atoms. The van der Waals surface area contributed by atoms with Crippen molar-refractivity contribution < 1.29 is 5.11 Å². The predicted molar refractivity (Wildman–Crippen MR) is 101 cm³/mol. The molecule has 0 aliphatic carbocycles. The Bertz CT molecular complexity index is 651. The van der Waals surface area contributed by atoms with E-state index in [9.17, 15) is 5.11 Å². The van der Waals surface area contributed by atoms with Gasteiger partial charge in [0, 0.05) is 36.4 Å². The summed E-state index contributed by atoms with van der Waals surface area (Å²) in [6.45, 7) is 4.81. The first kappa shape index (κ1) is 17.3. The fourth-order valence-electron chi connectivity index (χ4n) is 3.27. The standard InChI is InChI=1S/C20H25ClN2O/c1-15-3-2-4-19(13-15)22-18-9-11-23(12-10-18)14-20(24)16-5-7-17(21)8-6-16/h2-8,13,18,20,22,24H,9-12,14H2,1H3/t20-/m1/s1. The summed E-state index contributed by atoms with van der Waals surface area (Å²) >= 11 is 5.90. The summed E-state index contributed by atoms with van der Waals surface area (Å²) in [5.41, 5.74) is 3.41. The number of halogens is 1. The van der Waals surface area contributed by atoms with Crippen LogP contribution < -0.4 is 5.32 Å². The Balaban J connectivity index is 1.47. The van der Waals surface area contributed by atoms with Crippen LogP contribution in [0.3, 0.4) is 0 Å². The molecule has 0 saturated carbocycles. The number of rotatable bonds is 5. The van der Waals surface area contributed by atoms with Gasteiger partial charge in [-0.2, -0.15) is 0 Å². The zero-order valence-corrected chi connectivity index (χ0v) is 14.8. The van der Waals surface area contributed by atoms with E-state index in [0.29, 0.717) is 17.6 Å². The van der Waals surface area contributed by atoms with Gasteiger partial charge in [-0.3, -0.25) is 0 Å². The largest absolute Gasteiger partial charge is 0.387 e. The van der Waals surface area contributed by atoms with Gasteiger partial charge in [0.25, 0.3) is 0 Å². The Morgan fingerprint density at radius 2 is 1.88 bits per heavy atom. The van der Waals surface area contributed by atoms with Gasteiger partial charge in [-0.05, 0) is 55.2 Å². The van der Waals surface area contributed by atoms with Crippen LogP contribution in [-0.4, -0.2) is 35.7 Å². The van der Waals surface area contributed by atoms with Gasteiger partial charge in [0.1, 0.15) is 0 Å². The number of anilines is 1. The molecular weight excluding hydrogens is 320 g/mol. The van der Waals surface area contributed by atoms with Crippen molar-refractivity contribution in [1.29, 1.82) is 0 Å². The van der Waals surface area contributed by atoms with Gasteiger partial charge in [0.05, 0.1) is 6.10 Å². The van der Waals surface area contributed by atoms with Crippen LogP contribution in [0.5, 0.6) is 0 Å². The van der Waals surface area contributed by atoms with E-state index in [4.69, 9.17) is 11.6 Å². The molecule has 0 spiro atoms. The summed E-state index contributed by atoms with van der Waals surface area (Å²) in [5.74, 6) is 0. The number of aliphatic hydroxyl groups excluding tert-OH is 1. The predicted octanol–water partition coefficient (Wildman–Crippen LogP) is 4.26. The maximum Gasteiger partial charge on any atom is 0.0916 e. The van der Waals surface area contributed by atoms with Crippen molar-refractivity contribution in [1.82, 2.24) is 4.90 Å². The lowest BCUT2D eigenvalue weighted by molar-refractivity contribution is 0.0991. The molecule has 1 atom stereocenters. The average Bonchev–Trinajstić information content (AvgIpc) is 2.57.